The van der Waals surface area contributed by atoms with Gasteiger partial charge in [-0.3, -0.25) is 9.69 Å². The van der Waals surface area contributed by atoms with E-state index in [9.17, 15) is 4.79 Å². The van der Waals surface area contributed by atoms with Crippen LogP contribution in [0, 0.1) is 6.92 Å². The van der Waals surface area contributed by atoms with Gasteiger partial charge < -0.3 is 15.0 Å². The highest BCUT2D eigenvalue weighted by atomic mass is 35.5. The van der Waals surface area contributed by atoms with E-state index < -0.39 is 0 Å². The maximum absolute atomic E-state index is 12.7. The van der Waals surface area contributed by atoms with Gasteiger partial charge in [-0.15, -0.1) is 0 Å². The van der Waals surface area contributed by atoms with Crippen LogP contribution >= 0.6 is 11.6 Å². The quantitative estimate of drug-likeness (QED) is 0.847. The minimum atomic E-state index is -0.205. The molecule has 2 aromatic carbocycles. The fourth-order valence-corrected chi connectivity index (χ4v) is 3.55. The molecule has 0 aromatic heterocycles. The molecule has 0 saturated carbocycles. The maximum Gasteiger partial charge on any atom is 0.241 e. The van der Waals surface area contributed by atoms with Crippen molar-refractivity contribution >= 4 is 28.9 Å². The van der Waals surface area contributed by atoms with E-state index in [1.165, 1.54) is 0 Å². The number of ether oxygens (including phenoxy) is 1. The SMILES string of the molecule is COc1ccccc1N1CCN([C@H](C)C(=O)Nc2cc(Cl)ccc2C)CC1. The van der Waals surface area contributed by atoms with Gasteiger partial charge in [-0.2, -0.15) is 0 Å². The van der Waals surface area contributed by atoms with E-state index in [2.05, 4.69) is 21.2 Å². The van der Waals surface area contributed by atoms with Crippen LogP contribution in [-0.4, -0.2) is 50.1 Å². The van der Waals surface area contributed by atoms with Gasteiger partial charge in [-0.05, 0) is 43.7 Å². The number of nitrogens with zero attached hydrogens (tertiary/aromatic N) is 2. The lowest BCUT2D eigenvalue weighted by atomic mass is 10.1. The number of para-hydroxylation sites is 2. The topological polar surface area (TPSA) is 44.8 Å². The summed E-state index contributed by atoms with van der Waals surface area (Å²) in [5.74, 6) is 0.874. The Kier molecular flexibility index (Phi) is 6.24. The first-order chi connectivity index (χ1) is 13.0. The smallest absolute Gasteiger partial charge is 0.241 e. The third-order valence-electron chi connectivity index (χ3n) is 5.12. The lowest BCUT2D eigenvalue weighted by Gasteiger charge is -2.38. The van der Waals surface area contributed by atoms with Crippen LogP contribution in [-0.2, 0) is 4.79 Å². The normalized spacial score (nSPS) is 16.1. The van der Waals surface area contributed by atoms with Crippen molar-refractivity contribution in [3.8, 4) is 5.75 Å². The number of halogens is 1. The standard InChI is InChI=1S/C21H26ClN3O2/c1-15-8-9-17(22)14-18(15)23-21(26)16(2)24-10-12-25(13-11-24)19-6-4-5-7-20(19)27-3/h4-9,14,16H,10-13H2,1-3H3,(H,23,26)/t16-/m1/s1. The van der Waals surface area contributed by atoms with E-state index in [0.29, 0.717) is 5.02 Å². The minimum Gasteiger partial charge on any atom is -0.495 e. The molecule has 1 aliphatic rings. The van der Waals surface area contributed by atoms with Crippen molar-refractivity contribution in [2.75, 3.05) is 43.5 Å². The summed E-state index contributed by atoms with van der Waals surface area (Å²) in [6.45, 7) is 7.27. The van der Waals surface area contributed by atoms with Gasteiger partial charge in [0.15, 0.2) is 0 Å². The van der Waals surface area contributed by atoms with E-state index in [4.69, 9.17) is 16.3 Å². The Morgan fingerprint density at radius 2 is 1.85 bits per heavy atom. The molecule has 5 nitrogen and oxygen atoms in total. The Morgan fingerprint density at radius 3 is 2.56 bits per heavy atom. The minimum absolute atomic E-state index is 0.00823. The van der Waals surface area contributed by atoms with Gasteiger partial charge >= 0.3 is 0 Å². The number of amides is 1. The van der Waals surface area contributed by atoms with Gasteiger partial charge in [-0.25, -0.2) is 0 Å². The predicted molar refractivity (Wildman–Crippen MR) is 111 cm³/mol. The van der Waals surface area contributed by atoms with Crippen LogP contribution in [0.5, 0.6) is 5.75 Å². The zero-order valence-corrected chi connectivity index (χ0v) is 16.8. The zero-order valence-electron chi connectivity index (χ0n) is 16.0. The number of carbonyl (C=O) groups excluding carboxylic acids is 1. The molecule has 3 rings (SSSR count). The van der Waals surface area contributed by atoms with Crippen LogP contribution in [0.2, 0.25) is 5.02 Å². The van der Waals surface area contributed by atoms with Crippen molar-refractivity contribution < 1.29 is 9.53 Å². The van der Waals surface area contributed by atoms with Crippen molar-refractivity contribution in [1.82, 2.24) is 4.90 Å². The first-order valence-corrected chi connectivity index (χ1v) is 9.56. The summed E-state index contributed by atoms with van der Waals surface area (Å²) in [4.78, 5) is 17.2. The zero-order chi connectivity index (χ0) is 19.4. The number of nitrogens with one attached hydrogen (secondary N) is 1. The Balaban J connectivity index is 1.60. The van der Waals surface area contributed by atoms with Crippen LogP contribution < -0.4 is 15.0 Å². The van der Waals surface area contributed by atoms with Gasteiger partial charge in [0.25, 0.3) is 0 Å². The molecule has 1 aliphatic heterocycles. The average molecular weight is 388 g/mol. The Morgan fingerprint density at radius 1 is 1.15 bits per heavy atom. The molecule has 6 heteroatoms. The van der Waals surface area contributed by atoms with Gasteiger partial charge in [0.05, 0.1) is 18.8 Å². The van der Waals surface area contributed by atoms with Crippen LogP contribution in [0.25, 0.3) is 0 Å². The first-order valence-electron chi connectivity index (χ1n) is 9.18. The fraction of sp³-hybridized carbons (Fsp3) is 0.381. The average Bonchev–Trinajstić information content (AvgIpc) is 2.70. The number of benzene rings is 2. The van der Waals surface area contributed by atoms with E-state index in [1.807, 2.05) is 44.2 Å². The van der Waals surface area contributed by atoms with Gasteiger partial charge in [-0.1, -0.05) is 29.8 Å². The van der Waals surface area contributed by atoms with Gasteiger partial charge in [0.2, 0.25) is 5.91 Å². The molecular formula is C21H26ClN3O2. The molecule has 0 radical (unpaired) electrons. The maximum atomic E-state index is 12.7. The molecule has 1 amide bonds. The van der Waals surface area contributed by atoms with Crippen LogP contribution in [0.4, 0.5) is 11.4 Å². The highest BCUT2D eigenvalue weighted by molar-refractivity contribution is 6.31. The molecule has 0 unspecified atom stereocenters. The van der Waals surface area contributed by atoms with Crippen molar-refractivity contribution in [3.05, 3.63) is 53.1 Å². The number of hydrogen-bond acceptors (Lipinski definition) is 4. The molecule has 0 bridgehead atoms. The van der Waals surface area contributed by atoms with E-state index >= 15 is 0 Å². The molecule has 0 spiro atoms. The summed E-state index contributed by atoms with van der Waals surface area (Å²) < 4.78 is 5.47. The van der Waals surface area contributed by atoms with Crippen molar-refractivity contribution in [3.63, 3.8) is 0 Å². The Bertz CT molecular complexity index is 804. The van der Waals surface area contributed by atoms with E-state index in [-0.39, 0.29) is 11.9 Å². The lowest BCUT2D eigenvalue weighted by Crippen LogP contribution is -2.52. The summed E-state index contributed by atoms with van der Waals surface area (Å²) in [6.07, 6.45) is 0. The summed E-state index contributed by atoms with van der Waals surface area (Å²) in [5, 5.41) is 3.63. The van der Waals surface area contributed by atoms with Crippen LogP contribution in [0.1, 0.15) is 12.5 Å². The number of hydrogen-bond donors (Lipinski definition) is 1. The molecule has 1 N–H and O–H groups in total. The molecule has 0 aliphatic carbocycles. The third-order valence-corrected chi connectivity index (χ3v) is 5.36. The van der Waals surface area contributed by atoms with Gasteiger partial charge in [0, 0.05) is 36.9 Å². The fourth-order valence-electron chi connectivity index (χ4n) is 3.37. The molecule has 2 aromatic rings. The Hall–Kier alpha value is -2.24. The van der Waals surface area contributed by atoms with Crippen LogP contribution in [0.15, 0.2) is 42.5 Å². The summed E-state index contributed by atoms with van der Waals surface area (Å²) in [7, 11) is 1.69. The second-order valence-electron chi connectivity index (χ2n) is 6.82. The second-order valence-corrected chi connectivity index (χ2v) is 7.26. The van der Waals surface area contributed by atoms with Crippen molar-refractivity contribution in [1.29, 1.82) is 0 Å². The third kappa shape index (κ3) is 4.54. The van der Waals surface area contributed by atoms with E-state index in [1.54, 1.807) is 13.2 Å². The number of aryl methyl sites for hydroxylation is 1. The lowest BCUT2D eigenvalue weighted by molar-refractivity contribution is -0.120. The molecular weight excluding hydrogens is 362 g/mol. The summed E-state index contributed by atoms with van der Waals surface area (Å²) in [6, 6.07) is 13.4. The first kappa shape index (κ1) is 19.5. The largest absolute Gasteiger partial charge is 0.495 e. The van der Waals surface area contributed by atoms with E-state index in [0.717, 1.165) is 48.9 Å². The number of anilines is 2. The second kappa shape index (κ2) is 8.63. The molecule has 1 fully saturated rings. The van der Waals surface area contributed by atoms with Crippen LogP contribution in [0.3, 0.4) is 0 Å². The number of rotatable bonds is 5. The number of methoxy groups -OCH3 is 1. The molecule has 144 valence electrons. The highest BCUT2D eigenvalue weighted by Crippen LogP contribution is 2.28. The molecule has 1 saturated heterocycles. The molecule has 1 heterocycles. The monoisotopic (exact) mass is 387 g/mol. The van der Waals surface area contributed by atoms with Crippen molar-refractivity contribution in [2.24, 2.45) is 0 Å². The molecule has 27 heavy (non-hydrogen) atoms. The van der Waals surface area contributed by atoms with Gasteiger partial charge in [0.1, 0.15) is 5.75 Å². The summed E-state index contributed by atoms with van der Waals surface area (Å²) >= 11 is 6.05. The highest BCUT2D eigenvalue weighted by Gasteiger charge is 2.26. The predicted octanol–water partition coefficient (Wildman–Crippen LogP) is 3.81. The Labute approximate surface area is 165 Å². The number of carbonyl (C=O) groups is 1. The molecule has 1 atom stereocenters. The summed E-state index contributed by atoms with van der Waals surface area (Å²) in [5.41, 5.74) is 2.87. The number of piperazine rings is 1. The van der Waals surface area contributed by atoms with Crippen molar-refractivity contribution in [2.45, 2.75) is 19.9 Å².